The predicted octanol–water partition coefficient (Wildman–Crippen LogP) is 22.8. The van der Waals surface area contributed by atoms with Crippen LogP contribution in [0.15, 0.2) is 97.2 Å². The Kier molecular flexibility index (Phi) is 70.4. The van der Waals surface area contributed by atoms with Crippen LogP contribution in [0.2, 0.25) is 0 Å². The van der Waals surface area contributed by atoms with Gasteiger partial charge in [-0.2, -0.15) is 0 Å². The molecule has 100 heavy (non-hydrogen) atoms. The Balaban J connectivity index is 5.34. The van der Waals surface area contributed by atoms with Crippen LogP contribution in [0.3, 0.4) is 0 Å². The number of ether oxygens (including phenoxy) is 4. The summed E-state index contributed by atoms with van der Waals surface area (Å²) in [4.78, 5) is 72.9. The minimum absolute atomic E-state index is 0.0754. The van der Waals surface area contributed by atoms with E-state index in [1.54, 1.807) is 0 Å². The minimum atomic E-state index is -4.98. The molecule has 0 bridgehead atoms. The summed E-state index contributed by atoms with van der Waals surface area (Å²) < 4.78 is 68.5. The largest absolute Gasteiger partial charge is 0.472 e. The summed E-state index contributed by atoms with van der Waals surface area (Å²) in [6.07, 6.45) is 76.8. The number of unbranched alkanes of at least 4 members (excludes halogenated alkanes) is 32. The first-order chi connectivity index (χ1) is 48.7. The van der Waals surface area contributed by atoms with Crippen LogP contribution in [0.25, 0.3) is 0 Å². The molecule has 0 aliphatic heterocycles. The van der Waals surface area contributed by atoms with Crippen molar-refractivity contribution >= 4 is 39.5 Å². The quantitative estimate of drug-likeness (QED) is 0.0169. The number of aliphatic hydroxyl groups excluding tert-OH is 1. The molecule has 0 aromatic carbocycles. The number of phosphoric acid groups is 2. The number of aliphatic hydroxyl groups is 1. The molecule has 19 heteroatoms. The van der Waals surface area contributed by atoms with E-state index in [4.69, 9.17) is 37.0 Å². The number of phosphoric ester groups is 2. The molecule has 0 aromatic rings. The van der Waals surface area contributed by atoms with Crippen LogP contribution < -0.4 is 0 Å². The number of hydrogen-bond donors (Lipinski definition) is 3. The van der Waals surface area contributed by atoms with Crippen molar-refractivity contribution in [1.82, 2.24) is 0 Å². The molecule has 0 saturated carbocycles. The van der Waals surface area contributed by atoms with Gasteiger partial charge in [0.1, 0.15) is 19.3 Å². The van der Waals surface area contributed by atoms with Gasteiger partial charge in [-0.15, -0.1) is 0 Å². The summed E-state index contributed by atoms with van der Waals surface area (Å²) in [6, 6.07) is 0. The molecular weight excluding hydrogens is 1310 g/mol. The lowest BCUT2D eigenvalue weighted by Crippen LogP contribution is -2.30. The molecule has 0 rings (SSSR count). The average molecular weight is 1450 g/mol. The second-order valence-corrected chi connectivity index (χ2v) is 29.2. The highest BCUT2D eigenvalue weighted by molar-refractivity contribution is 7.47. The second kappa shape index (κ2) is 73.3. The van der Waals surface area contributed by atoms with Crippen LogP contribution in [0.1, 0.15) is 336 Å². The first kappa shape index (κ1) is 96.0. The van der Waals surface area contributed by atoms with Crippen molar-refractivity contribution in [3.8, 4) is 0 Å². The van der Waals surface area contributed by atoms with Crippen molar-refractivity contribution in [2.75, 3.05) is 39.6 Å². The lowest BCUT2D eigenvalue weighted by molar-refractivity contribution is -0.161. The fourth-order valence-electron chi connectivity index (χ4n) is 10.5. The van der Waals surface area contributed by atoms with E-state index in [0.717, 1.165) is 161 Å². The topological polar surface area (TPSA) is 237 Å². The maximum Gasteiger partial charge on any atom is 0.472 e. The fraction of sp³-hybridized carbons (Fsp3) is 0.753. The lowest BCUT2D eigenvalue weighted by Gasteiger charge is -2.21. The van der Waals surface area contributed by atoms with Crippen molar-refractivity contribution in [3.63, 3.8) is 0 Å². The SMILES string of the molecule is CC/C=C\C/C=C\C/C=C\C/C=C\CCCCC(=O)OCC(COP(=O)(O)OCC(O)COP(=O)(O)OCC(COC(=O)CCCCCCCC/C=C\C/C=C\C/C=C\CCCCC)OC(=O)CCCCCCCCCCCCCCCCC)OC(=O)CCCCCCC/C=C\CCCC. The standard InChI is InChI=1S/C81H142O17P2/c1-5-9-13-17-21-25-29-32-35-36-37-38-41-43-47-50-54-58-62-66-79(84)92-72-77(98-81(86)68-64-60-56-52-48-44-40-34-31-27-23-19-15-11-7-3)74-96-100(89,90)94-70-75(82)69-93-99(87,88)95-73-76(97-80(85)67-63-59-55-51-45-28-24-20-16-12-8-4)71-91-78(83)65-61-57-53-49-46-42-39-33-30-26-22-18-14-10-6-2/h10,14,20-22,24-26,32-33,35,37-39,46,49,75-77,82H,5-9,11-13,15-19,23,27-31,34,36,40-45,47-48,50-74H2,1-4H3,(H,87,88)(H,89,90)/b14-10-,24-20-,25-21-,26-22-,35-32-,38-37-,39-33-,49-46-. The van der Waals surface area contributed by atoms with E-state index in [-0.39, 0.29) is 25.7 Å². The molecule has 0 radical (unpaired) electrons. The van der Waals surface area contributed by atoms with Crippen molar-refractivity contribution in [2.45, 2.75) is 354 Å². The lowest BCUT2D eigenvalue weighted by atomic mass is 10.0. The van der Waals surface area contributed by atoms with Crippen LogP contribution in [0.4, 0.5) is 0 Å². The molecule has 0 saturated heterocycles. The first-order valence-corrected chi connectivity index (χ1v) is 42.5. The molecule has 578 valence electrons. The summed E-state index contributed by atoms with van der Waals surface area (Å²) in [6.45, 7) is 4.66. The molecule has 0 aromatic heterocycles. The fourth-order valence-corrected chi connectivity index (χ4v) is 12.1. The Bertz CT molecular complexity index is 2270. The molecule has 0 amide bonds. The van der Waals surface area contributed by atoms with Gasteiger partial charge in [0.2, 0.25) is 0 Å². The van der Waals surface area contributed by atoms with Crippen molar-refractivity contribution < 1.29 is 80.2 Å². The molecule has 0 heterocycles. The van der Waals surface area contributed by atoms with E-state index >= 15 is 0 Å². The highest BCUT2D eigenvalue weighted by Gasteiger charge is 2.30. The highest BCUT2D eigenvalue weighted by Crippen LogP contribution is 2.45. The Labute approximate surface area is 607 Å². The summed E-state index contributed by atoms with van der Waals surface area (Å²) >= 11 is 0. The minimum Gasteiger partial charge on any atom is -0.462 e. The number of rotatable bonds is 74. The van der Waals surface area contributed by atoms with Gasteiger partial charge >= 0.3 is 39.5 Å². The molecule has 0 aliphatic carbocycles. The third kappa shape index (κ3) is 72.3. The number of carbonyl (C=O) groups is 4. The predicted molar refractivity (Wildman–Crippen MR) is 409 cm³/mol. The highest BCUT2D eigenvalue weighted by atomic mass is 31.2. The zero-order valence-corrected chi connectivity index (χ0v) is 64.9. The maximum atomic E-state index is 13.1. The van der Waals surface area contributed by atoms with Gasteiger partial charge in [-0.3, -0.25) is 37.3 Å². The van der Waals surface area contributed by atoms with Gasteiger partial charge in [-0.25, -0.2) is 9.13 Å². The summed E-state index contributed by atoms with van der Waals surface area (Å²) in [5.74, 6) is -2.23. The van der Waals surface area contributed by atoms with E-state index in [1.807, 2.05) is 0 Å². The smallest absolute Gasteiger partial charge is 0.462 e. The van der Waals surface area contributed by atoms with E-state index < -0.39 is 97.5 Å². The van der Waals surface area contributed by atoms with Crippen LogP contribution in [-0.2, 0) is 65.4 Å². The van der Waals surface area contributed by atoms with Gasteiger partial charge in [0.25, 0.3) is 0 Å². The average Bonchev–Trinajstić information content (AvgIpc) is 0.945. The van der Waals surface area contributed by atoms with E-state index in [0.29, 0.717) is 25.7 Å². The van der Waals surface area contributed by atoms with Gasteiger partial charge in [-0.05, 0) is 122 Å². The summed E-state index contributed by atoms with van der Waals surface area (Å²) in [5, 5.41) is 10.6. The molecule has 0 fully saturated rings. The zero-order chi connectivity index (χ0) is 73.2. The Morgan fingerprint density at radius 2 is 0.530 bits per heavy atom. The Hall–Kier alpha value is -4.02. The van der Waals surface area contributed by atoms with Crippen molar-refractivity contribution in [1.29, 1.82) is 0 Å². The number of allylic oxidation sites excluding steroid dienone is 16. The second-order valence-electron chi connectivity index (χ2n) is 26.3. The monoisotopic (exact) mass is 1450 g/mol. The van der Waals surface area contributed by atoms with Crippen LogP contribution in [-0.4, -0.2) is 96.7 Å². The molecule has 0 aliphatic rings. The maximum absolute atomic E-state index is 13.1. The van der Waals surface area contributed by atoms with Gasteiger partial charge in [0, 0.05) is 25.7 Å². The number of hydrogen-bond acceptors (Lipinski definition) is 15. The molecule has 5 atom stereocenters. The third-order valence-corrected chi connectivity index (χ3v) is 18.4. The molecular formula is C81H142O17P2. The zero-order valence-electron chi connectivity index (χ0n) is 63.1. The van der Waals surface area contributed by atoms with E-state index in [2.05, 4.69) is 125 Å². The van der Waals surface area contributed by atoms with Gasteiger partial charge in [0.15, 0.2) is 12.2 Å². The third-order valence-electron chi connectivity index (χ3n) is 16.5. The first-order valence-electron chi connectivity index (χ1n) is 39.5. The van der Waals surface area contributed by atoms with Crippen molar-refractivity contribution in [3.05, 3.63) is 97.2 Å². The number of carbonyl (C=O) groups excluding carboxylic acids is 4. The molecule has 0 spiro atoms. The van der Waals surface area contributed by atoms with Crippen LogP contribution in [0, 0.1) is 0 Å². The van der Waals surface area contributed by atoms with Crippen LogP contribution >= 0.6 is 15.6 Å². The van der Waals surface area contributed by atoms with Crippen molar-refractivity contribution in [2.24, 2.45) is 0 Å². The molecule has 3 N–H and O–H groups in total. The molecule has 17 nitrogen and oxygen atoms in total. The molecule has 5 unspecified atom stereocenters. The summed E-state index contributed by atoms with van der Waals surface area (Å²) in [5.41, 5.74) is 0. The Morgan fingerprint density at radius 3 is 0.880 bits per heavy atom. The normalized spacial score (nSPS) is 14.4. The Morgan fingerprint density at radius 1 is 0.290 bits per heavy atom. The number of esters is 4. The van der Waals surface area contributed by atoms with E-state index in [9.17, 15) is 43.2 Å². The summed E-state index contributed by atoms with van der Waals surface area (Å²) in [7, 11) is -9.96. The van der Waals surface area contributed by atoms with Gasteiger partial charge in [-0.1, -0.05) is 285 Å². The van der Waals surface area contributed by atoms with Crippen LogP contribution in [0.5, 0.6) is 0 Å². The van der Waals surface area contributed by atoms with Gasteiger partial charge < -0.3 is 33.8 Å². The van der Waals surface area contributed by atoms with Gasteiger partial charge in [0.05, 0.1) is 26.4 Å². The van der Waals surface area contributed by atoms with E-state index in [1.165, 1.54) is 96.3 Å².